The Kier molecular flexibility index (Phi) is 3.15. The van der Waals surface area contributed by atoms with Crippen molar-refractivity contribution < 1.29 is 17.3 Å². The average molecular weight is 305 g/mol. The number of hydrogen-bond donors (Lipinski definition) is 1. The molecule has 0 spiro atoms. The van der Waals surface area contributed by atoms with E-state index in [2.05, 4.69) is 4.72 Å². The van der Waals surface area contributed by atoms with E-state index in [4.69, 9.17) is 8.92 Å². The van der Waals surface area contributed by atoms with Crippen LogP contribution >= 0.6 is 0 Å². The maximum absolute atomic E-state index is 12.0. The average Bonchev–Trinajstić information content (AvgIpc) is 2.46. The molecule has 2 aromatic rings. The first-order valence-electron chi connectivity index (χ1n) is 6.42. The van der Waals surface area contributed by atoms with Crippen LogP contribution in [0.1, 0.15) is 18.1 Å². The van der Waals surface area contributed by atoms with Crippen molar-refractivity contribution in [1.29, 1.82) is 0 Å². The molecule has 0 saturated carbocycles. The molecule has 0 unspecified atom stereocenters. The standard InChI is InChI=1S/C15H15NO4S/c1-15(11-7-9-12(19-2)10-8-11)13-5-3-4-6-14(13)20-21(17,18)16-15/h3-10,16H,1-2H3/t15-/m1/s1. The molecule has 3 rings (SSSR count). The van der Waals surface area contributed by atoms with Crippen molar-refractivity contribution in [2.75, 3.05) is 7.11 Å². The molecule has 1 N–H and O–H groups in total. The van der Waals surface area contributed by atoms with Crippen LogP contribution in [0.5, 0.6) is 11.5 Å². The summed E-state index contributed by atoms with van der Waals surface area (Å²) in [5.41, 5.74) is 0.688. The van der Waals surface area contributed by atoms with Crippen molar-refractivity contribution in [1.82, 2.24) is 4.72 Å². The van der Waals surface area contributed by atoms with Crippen molar-refractivity contribution in [2.45, 2.75) is 12.5 Å². The normalized spacial score (nSPS) is 23.0. The van der Waals surface area contributed by atoms with Gasteiger partial charge in [0.2, 0.25) is 0 Å². The molecule has 1 aliphatic rings. The van der Waals surface area contributed by atoms with Crippen LogP contribution in [0.3, 0.4) is 0 Å². The molecule has 0 aliphatic carbocycles. The second-order valence-electron chi connectivity index (χ2n) is 4.99. The van der Waals surface area contributed by atoms with Gasteiger partial charge in [-0.05, 0) is 30.7 Å². The van der Waals surface area contributed by atoms with E-state index in [-0.39, 0.29) is 0 Å². The monoisotopic (exact) mass is 305 g/mol. The topological polar surface area (TPSA) is 64.6 Å². The smallest absolute Gasteiger partial charge is 0.383 e. The molecular formula is C15H15NO4S. The Morgan fingerprint density at radius 3 is 2.43 bits per heavy atom. The Bertz CT molecular complexity index is 771. The van der Waals surface area contributed by atoms with Crippen LogP contribution in [0.25, 0.3) is 0 Å². The predicted molar refractivity (Wildman–Crippen MR) is 78.6 cm³/mol. The molecule has 0 saturated heterocycles. The van der Waals surface area contributed by atoms with Gasteiger partial charge in [-0.15, -0.1) is 0 Å². The van der Waals surface area contributed by atoms with Gasteiger partial charge in [0.05, 0.1) is 12.6 Å². The van der Waals surface area contributed by atoms with Crippen molar-refractivity contribution in [3.05, 3.63) is 59.7 Å². The van der Waals surface area contributed by atoms with Gasteiger partial charge in [-0.3, -0.25) is 0 Å². The summed E-state index contributed by atoms with van der Waals surface area (Å²) in [6, 6.07) is 14.4. The lowest BCUT2D eigenvalue weighted by molar-refractivity contribution is 0.393. The summed E-state index contributed by atoms with van der Waals surface area (Å²) in [7, 11) is -2.26. The van der Waals surface area contributed by atoms with Crippen LogP contribution in [0.4, 0.5) is 0 Å². The van der Waals surface area contributed by atoms with E-state index in [1.54, 1.807) is 31.4 Å². The van der Waals surface area contributed by atoms with Crippen molar-refractivity contribution in [3.63, 3.8) is 0 Å². The molecule has 0 fully saturated rings. The van der Waals surface area contributed by atoms with E-state index in [9.17, 15) is 8.42 Å². The van der Waals surface area contributed by atoms with Crippen molar-refractivity contribution in [3.8, 4) is 11.5 Å². The van der Waals surface area contributed by atoms with Gasteiger partial charge >= 0.3 is 10.3 Å². The molecule has 1 aliphatic heterocycles. The highest BCUT2D eigenvalue weighted by Crippen LogP contribution is 2.40. The quantitative estimate of drug-likeness (QED) is 0.923. The van der Waals surface area contributed by atoms with E-state index in [0.717, 1.165) is 11.1 Å². The van der Waals surface area contributed by atoms with Gasteiger partial charge in [0, 0.05) is 5.56 Å². The molecule has 1 atom stereocenters. The highest BCUT2D eigenvalue weighted by molar-refractivity contribution is 7.85. The lowest BCUT2D eigenvalue weighted by atomic mass is 9.85. The molecule has 0 aromatic heterocycles. The Morgan fingerprint density at radius 2 is 1.76 bits per heavy atom. The van der Waals surface area contributed by atoms with Crippen LogP contribution in [0, 0.1) is 0 Å². The summed E-state index contributed by atoms with van der Waals surface area (Å²) in [5, 5.41) is 0. The molecule has 6 heteroatoms. The van der Waals surface area contributed by atoms with Crippen LogP contribution in [0.15, 0.2) is 48.5 Å². The number of methoxy groups -OCH3 is 1. The Morgan fingerprint density at radius 1 is 1.10 bits per heavy atom. The van der Waals surface area contributed by atoms with Crippen LogP contribution < -0.4 is 13.6 Å². The van der Waals surface area contributed by atoms with Gasteiger partial charge < -0.3 is 8.92 Å². The minimum absolute atomic E-state index is 0.342. The summed E-state index contributed by atoms with van der Waals surface area (Å²) < 4.78 is 36.7. The van der Waals surface area contributed by atoms with E-state index in [1.165, 1.54) is 0 Å². The summed E-state index contributed by atoms with van der Waals surface area (Å²) in [6.07, 6.45) is 0. The number of para-hydroxylation sites is 1. The Hall–Kier alpha value is -2.05. The first-order chi connectivity index (χ1) is 9.94. The second kappa shape index (κ2) is 4.75. The number of benzene rings is 2. The molecular weight excluding hydrogens is 290 g/mol. The molecule has 0 radical (unpaired) electrons. The summed E-state index contributed by atoms with van der Waals surface area (Å²) in [6.45, 7) is 1.81. The molecule has 21 heavy (non-hydrogen) atoms. The molecule has 1 heterocycles. The first-order valence-corrected chi connectivity index (χ1v) is 7.83. The summed E-state index contributed by atoms with van der Waals surface area (Å²) in [5.74, 6) is 1.06. The van der Waals surface area contributed by atoms with Crippen LogP contribution in [-0.2, 0) is 15.8 Å². The van der Waals surface area contributed by atoms with Gasteiger partial charge in [-0.25, -0.2) is 0 Å². The van der Waals surface area contributed by atoms with Crippen LogP contribution in [0.2, 0.25) is 0 Å². The number of hydrogen-bond acceptors (Lipinski definition) is 4. The van der Waals surface area contributed by atoms with Crippen LogP contribution in [-0.4, -0.2) is 15.5 Å². The fourth-order valence-corrected chi connectivity index (χ4v) is 3.69. The fraction of sp³-hybridized carbons (Fsp3) is 0.200. The molecule has 5 nitrogen and oxygen atoms in total. The number of ether oxygens (including phenoxy) is 1. The fourth-order valence-electron chi connectivity index (χ4n) is 2.54. The van der Waals surface area contributed by atoms with Crippen molar-refractivity contribution >= 4 is 10.3 Å². The largest absolute Gasteiger partial charge is 0.497 e. The Balaban J connectivity index is 2.18. The third-order valence-corrected chi connectivity index (χ3v) is 4.68. The molecule has 0 bridgehead atoms. The number of fused-ring (bicyclic) bond motifs is 1. The maximum Gasteiger partial charge on any atom is 0.383 e. The minimum atomic E-state index is -3.85. The third kappa shape index (κ3) is 2.36. The molecule has 110 valence electrons. The van der Waals surface area contributed by atoms with Gasteiger partial charge in [0.15, 0.2) is 0 Å². The van der Waals surface area contributed by atoms with Gasteiger partial charge in [0.25, 0.3) is 0 Å². The number of rotatable bonds is 2. The third-order valence-electron chi connectivity index (χ3n) is 3.62. The van der Waals surface area contributed by atoms with Crippen molar-refractivity contribution in [2.24, 2.45) is 0 Å². The zero-order valence-electron chi connectivity index (χ0n) is 11.7. The maximum atomic E-state index is 12.0. The Labute approximate surface area is 123 Å². The SMILES string of the molecule is COc1ccc([C@@]2(C)NS(=O)(=O)Oc3ccccc32)cc1. The highest BCUT2D eigenvalue weighted by Gasteiger charge is 2.41. The molecule has 0 amide bonds. The number of nitrogens with one attached hydrogen (secondary N) is 1. The lowest BCUT2D eigenvalue weighted by Crippen LogP contribution is -2.49. The summed E-state index contributed by atoms with van der Waals surface area (Å²) >= 11 is 0. The van der Waals surface area contributed by atoms with Gasteiger partial charge in [-0.1, -0.05) is 30.3 Å². The van der Waals surface area contributed by atoms with Gasteiger partial charge in [0.1, 0.15) is 11.5 Å². The zero-order chi connectivity index (χ0) is 15.1. The minimum Gasteiger partial charge on any atom is -0.497 e. The van der Waals surface area contributed by atoms with E-state index in [0.29, 0.717) is 11.5 Å². The van der Waals surface area contributed by atoms with E-state index < -0.39 is 15.8 Å². The predicted octanol–water partition coefficient (Wildman–Crippen LogP) is 2.19. The lowest BCUT2D eigenvalue weighted by Gasteiger charge is -2.36. The second-order valence-corrected chi connectivity index (χ2v) is 6.27. The highest BCUT2D eigenvalue weighted by atomic mass is 32.2. The van der Waals surface area contributed by atoms with E-state index in [1.807, 2.05) is 31.2 Å². The molecule has 2 aromatic carbocycles. The van der Waals surface area contributed by atoms with Gasteiger partial charge in [-0.2, -0.15) is 13.1 Å². The first kappa shape index (κ1) is 13.9. The zero-order valence-corrected chi connectivity index (χ0v) is 12.5. The van der Waals surface area contributed by atoms with E-state index >= 15 is 0 Å². The summed E-state index contributed by atoms with van der Waals surface area (Å²) in [4.78, 5) is 0.